The van der Waals surface area contributed by atoms with Crippen molar-refractivity contribution in [2.24, 2.45) is 0 Å². The van der Waals surface area contributed by atoms with Gasteiger partial charge in [0, 0.05) is 34.1 Å². The molecular formula is C36H25N3S2. The molecule has 3 nitrogen and oxygen atoms in total. The highest BCUT2D eigenvalue weighted by atomic mass is 32.1. The van der Waals surface area contributed by atoms with Crippen LogP contribution in [0.3, 0.4) is 0 Å². The van der Waals surface area contributed by atoms with Crippen molar-refractivity contribution in [3.8, 4) is 17.1 Å². The van der Waals surface area contributed by atoms with Gasteiger partial charge in [-0.15, -0.1) is 0 Å². The van der Waals surface area contributed by atoms with E-state index in [9.17, 15) is 0 Å². The van der Waals surface area contributed by atoms with Crippen molar-refractivity contribution < 1.29 is 0 Å². The molecule has 0 fully saturated rings. The first-order chi connectivity index (χ1) is 20.2. The van der Waals surface area contributed by atoms with Crippen molar-refractivity contribution >= 4 is 56.0 Å². The second-order valence-corrected chi connectivity index (χ2v) is 10.9. The Balaban J connectivity index is 1.12. The molecule has 0 saturated heterocycles. The summed E-state index contributed by atoms with van der Waals surface area (Å²) in [5.74, 6) is 0.999. The number of thiocarbonyl (C=S) groups is 2. The monoisotopic (exact) mass is 563 g/mol. The summed E-state index contributed by atoms with van der Waals surface area (Å²) in [7, 11) is 0. The average Bonchev–Trinajstić information content (AvgIpc) is 3.39. The van der Waals surface area contributed by atoms with Crippen LogP contribution in [-0.4, -0.2) is 24.3 Å². The quantitative estimate of drug-likeness (QED) is 0.149. The molecule has 1 unspecified atom stereocenters. The molecule has 6 aromatic rings. The SMILES string of the molecule is S=C(C(=S)c1ccc(-n2c3ccccc3c3ccccc32)cc1)c1ccc(-c2nccc(C3C=CC=CC3)n2)cc1. The number of hydrogen-bond acceptors (Lipinski definition) is 4. The van der Waals surface area contributed by atoms with E-state index in [0.717, 1.165) is 34.5 Å². The van der Waals surface area contributed by atoms with Crippen LogP contribution in [0.1, 0.15) is 29.2 Å². The van der Waals surface area contributed by atoms with Crippen molar-refractivity contribution in [2.75, 3.05) is 0 Å². The maximum Gasteiger partial charge on any atom is 0.159 e. The van der Waals surface area contributed by atoms with Gasteiger partial charge in [0.2, 0.25) is 0 Å². The summed E-state index contributed by atoms with van der Waals surface area (Å²) in [6.45, 7) is 0. The first-order valence-corrected chi connectivity index (χ1v) is 14.4. The lowest BCUT2D eigenvalue weighted by Gasteiger charge is -2.13. The molecule has 41 heavy (non-hydrogen) atoms. The fourth-order valence-corrected chi connectivity index (χ4v) is 6.02. The summed E-state index contributed by atoms with van der Waals surface area (Å²) in [6, 6.07) is 35.4. The van der Waals surface area contributed by atoms with E-state index in [1.165, 1.54) is 21.8 Å². The van der Waals surface area contributed by atoms with Gasteiger partial charge in [0.25, 0.3) is 0 Å². The van der Waals surface area contributed by atoms with Crippen LogP contribution >= 0.6 is 24.4 Å². The van der Waals surface area contributed by atoms with Gasteiger partial charge in [0.1, 0.15) is 0 Å². The Hall–Kier alpha value is -4.58. The minimum atomic E-state index is 0.285. The van der Waals surface area contributed by atoms with Gasteiger partial charge in [-0.05, 0) is 47.9 Å². The number of nitrogens with zero attached hydrogens (tertiary/aromatic N) is 3. The zero-order valence-corrected chi connectivity index (χ0v) is 23.8. The number of allylic oxidation sites excluding steroid dienone is 4. The van der Waals surface area contributed by atoms with Gasteiger partial charge >= 0.3 is 0 Å². The molecule has 4 aromatic carbocycles. The zero-order chi connectivity index (χ0) is 27.8. The van der Waals surface area contributed by atoms with Crippen LogP contribution in [0.25, 0.3) is 38.9 Å². The maximum atomic E-state index is 5.85. The molecule has 2 heterocycles. The van der Waals surface area contributed by atoms with Gasteiger partial charge in [0.15, 0.2) is 5.82 Å². The minimum absolute atomic E-state index is 0.285. The third-order valence-corrected chi connectivity index (χ3v) is 8.63. The molecule has 196 valence electrons. The van der Waals surface area contributed by atoms with Gasteiger partial charge in [-0.3, -0.25) is 0 Å². The van der Waals surface area contributed by atoms with Gasteiger partial charge in [0.05, 0.1) is 26.5 Å². The highest BCUT2D eigenvalue weighted by Crippen LogP contribution is 2.32. The van der Waals surface area contributed by atoms with E-state index in [2.05, 4.69) is 107 Å². The van der Waals surface area contributed by atoms with Crippen molar-refractivity contribution in [3.63, 3.8) is 0 Å². The molecule has 7 rings (SSSR count). The van der Waals surface area contributed by atoms with Gasteiger partial charge in [-0.25, -0.2) is 9.97 Å². The number of hydrogen-bond donors (Lipinski definition) is 0. The fraction of sp³-hybridized carbons (Fsp3) is 0.0556. The molecule has 0 N–H and O–H groups in total. The van der Waals surface area contributed by atoms with Crippen LogP contribution < -0.4 is 0 Å². The third-order valence-electron chi connectivity index (χ3n) is 7.62. The molecule has 5 heteroatoms. The number of fused-ring (bicyclic) bond motifs is 3. The van der Waals surface area contributed by atoms with Crippen LogP contribution in [0.2, 0.25) is 0 Å². The highest BCUT2D eigenvalue weighted by Gasteiger charge is 2.15. The van der Waals surface area contributed by atoms with Crippen LogP contribution in [0.5, 0.6) is 0 Å². The lowest BCUT2D eigenvalue weighted by Crippen LogP contribution is -2.12. The molecule has 0 aliphatic heterocycles. The molecule has 1 aliphatic rings. The lowest BCUT2D eigenvalue weighted by atomic mass is 9.97. The van der Waals surface area contributed by atoms with Crippen LogP contribution in [0.15, 0.2) is 134 Å². The summed E-state index contributed by atoms with van der Waals surface area (Å²) in [5.41, 5.74) is 7.28. The van der Waals surface area contributed by atoms with Crippen molar-refractivity contribution in [3.05, 3.63) is 150 Å². The van der Waals surface area contributed by atoms with E-state index in [4.69, 9.17) is 29.4 Å². The molecule has 1 atom stereocenters. The molecule has 0 saturated carbocycles. The summed E-state index contributed by atoms with van der Waals surface area (Å²) in [6.07, 6.45) is 11.3. The van der Waals surface area contributed by atoms with Crippen molar-refractivity contribution in [2.45, 2.75) is 12.3 Å². The molecule has 1 aliphatic carbocycles. The van der Waals surface area contributed by atoms with E-state index in [1.54, 1.807) is 0 Å². The number of benzene rings is 4. The van der Waals surface area contributed by atoms with E-state index in [-0.39, 0.29) is 5.92 Å². The summed E-state index contributed by atoms with van der Waals surface area (Å²) in [4.78, 5) is 10.7. The Morgan fingerprint density at radius 2 is 1.29 bits per heavy atom. The lowest BCUT2D eigenvalue weighted by molar-refractivity contribution is 0.810. The molecule has 0 bridgehead atoms. The highest BCUT2D eigenvalue weighted by molar-refractivity contribution is 7.90. The van der Waals surface area contributed by atoms with Crippen LogP contribution in [0.4, 0.5) is 0 Å². The normalized spacial score (nSPS) is 14.5. The second kappa shape index (κ2) is 10.8. The maximum absolute atomic E-state index is 5.85. The van der Waals surface area contributed by atoms with E-state index in [0.29, 0.717) is 15.6 Å². The summed E-state index contributed by atoms with van der Waals surface area (Å²) >= 11 is 11.7. The van der Waals surface area contributed by atoms with Gasteiger partial charge in [-0.1, -0.05) is 122 Å². The van der Waals surface area contributed by atoms with E-state index in [1.807, 2.05) is 36.5 Å². The fourth-order valence-electron chi connectivity index (χ4n) is 5.51. The first-order valence-electron chi connectivity index (χ1n) is 13.6. The predicted octanol–water partition coefficient (Wildman–Crippen LogP) is 8.98. The standard InChI is InChI=1S/C36H25N3S2/c40-34(25-14-16-27(17-15-25)36-37-23-22-31(38-36)24-8-2-1-3-9-24)35(41)26-18-20-28(21-19-26)39-32-12-6-4-10-29(32)30-11-5-7-13-33(30)39/h1-8,10-24H,9H2. The second-order valence-electron chi connectivity index (χ2n) is 10.1. The largest absolute Gasteiger partial charge is 0.309 e. The van der Waals surface area contributed by atoms with E-state index < -0.39 is 0 Å². The summed E-state index contributed by atoms with van der Waals surface area (Å²) < 4.78 is 2.30. The molecule has 0 amide bonds. The smallest absolute Gasteiger partial charge is 0.159 e. The number of rotatable bonds is 6. The molecule has 0 radical (unpaired) electrons. The third kappa shape index (κ3) is 4.73. The van der Waals surface area contributed by atoms with Crippen LogP contribution in [0, 0.1) is 0 Å². The number of aromatic nitrogens is 3. The number of para-hydroxylation sites is 2. The van der Waals surface area contributed by atoms with E-state index >= 15 is 0 Å². The Labute approximate surface area is 249 Å². The Bertz CT molecular complexity index is 1940. The minimum Gasteiger partial charge on any atom is -0.309 e. The van der Waals surface area contributed by atoms with Gasteiger partial charge < -0.3 is 4.57 Å². The zero-order valence-electron chi connectivity index (χ0n) is 22.1. The predicted molar refractivity (Wildman–Crippen MR) is 177 cm³/mol. The Kier molecular flexibility index (Phi) is 6.67. The molecule has 0 spiro atoms. The van der Waals surface area contributed by atoms with Crippen molar-refractivity contribution in [1.29, 1.82) is 0 Å². The summed E-state index contributed by atoms with van der Waals surface area (Å²) in [5, 5.41) is 2.49. The topological polar surface area (TPSA) is 30.7 Å². The first kappa shape index (κ1) is 25.4. The average molecular weight is 564 g/mol. The Morgan fingerprint density at radius 3 is 1.90 bits per heavy atom. The Morgan fingerprint density at radius 1 is 0.683 bits per heavy atom. The van der Waals surface area contributed by atoms with Crippen LogP contribution in [-0.2, 0) is 0 Å². The molecular weight excluding hydrogens is 539 g/mol. The van der Waals surface area contributed by atoms with Gasteiger partial charge in [-0.2, -0.15) is 0 Å². The molecule has 2 aromatic heterocycles. The van der Waals surface area contributed by atoms with Crippen molar-refractivity contribution in [1.82, 2.24) is 14.5 Å².